The van der Waals surface area contributed by atoms with Crippen LogP contribution >= 0.6 is 0 Å². The molecule has 0 aromatic heterocycles. The first-order valence-electron chi connectivity index (χ1n) is 5.14. The van der Waals surface area contributed by atoms with Crippen LogP contribution in [0.5, 0.6) is 5.75 Å². The van der Waals surface area contributed by atoms with Crippen LogP contribution in [0.4, 0.5) is 4.79 Å². The predicted molar refractivity (Wildman–Crippen MR) is 65.1 cm³/mol. The highest BCUT2D eigenvalue weighted by Gasteiger charge is 2.16. The van der Waals surface area contributed by atoms with Crippen molar-refractivity contribution in [1.82, 2.24) is 0 Å². The van der Waals surface area contributed by atoms with Gasteiger partial charge in [0, 0.05) is 5.56 Å². The number of phenols is 1. The zero-order valence-electron chi connectivity index (χ0n) is 10.1. The van der Waals surface area contributed by atoms with Crippen LogP contribution in [0.25, 0.3) is 0 Å². The summed E-state index contributed by atoms with van der Waals surface area (Å²) in [5, 5.41) is 9.10. The van der Waals surface area contributed by atoms with Gasteiger partial charge >= 0.3 is 6.09 Å². The number of hydrogen-bond acceptors (Lipinski definition) is 3. The highest BCUT2D eigenvalue weighted by atomic mass is 16.6. The molecule has 0 saturated heterocycles. The molecule has 1 amide bonds. The molecule has 1 aromatic rings. The summed E-state index contributed by atoms with van der Waals surface area (Å²) in [5.74, 6) is 0.179. The van der Waals surface area contributed by atoms with Gasteiger partial charge in [0.2, 0.25) is 0 Å². The standard InChI is InChI=1S/C12H16N2O3/c1-12(2,3)17-11(16)14-10(13)8-4-6-9(15)7-5-8/h4-7,15H,1-3H3,(H2,13,14,16). The van der Waals surface area contributed by atoms with Gasteiger partial charge in [0.25, 0.3) is 0 Å². The lowest BCUT2D eigenvalue weighted by Gasteiger charge is -2.17. The first-order valence-corrected chi connectivity index (χ1v) is 5.14. The number of carbonyl (C=O) groups excluding carboxylic acids is 1. The quantitative estimate of drug-likeness (QED) is 0.577. The molecule has 0 atom stereocenters. The molecular formula is C12H16N2O3. The summed E-state index contributed by atoms with van der Waals surface area (Å²) in [4.78, 5) is 15.0. The highest BCUT2D eigenvalue weighted by Crippen LogP contribution is 2.11. The van der Waals surface area contributed by atoms with Gasteiger partial charge in [0.05, 0.1) is 0 Å². The molecule has 5 nitrogen and oxygen atoms in total. The van der Waals surface area contributed by atoms with E-state index in [2.05, 4.69) is 4.99 Å². The third-order valence-corrected chi connectivity index (χ3v) is 1.77. The smallest absolute Gasteiger partial charge is 0.436 e. The Hall–Kier alpha value is -2.04. The van der Waals surface area contributed by atoms with E-state index in [1.807, 2.05) is 0 Å². The number of aromatic hydroxyl groups is 1. The van der Waals surface area contributed by atoms with Gasteiger partial charge in [-0.2, -0.15) is 4.99 Å². The minimum Gasteiger partial charge on any atom is -0.508 e. The second-order valence-corrected chi connectivity index (χ2v) is 4.52. The van der Waals surface area contributed by atoms with Gasteiger partial charge in [-0.1, -0.05) is 0 Å². The van der Waals surface area contributed by atoms with Gasteiger partial charge in [0.1, 0.15) is 17.2 Å². The van der Waals surface area contributed by atoms with Crippen LogP contribution in [0.1, 0.15) is 26.3 Å². The van der Waals surface area contributed by atoms with Gasteiger partial charge in [-0.15, -0.1) is 0 Å². The molecule has 0 aliphatic rings. The number of hydrogen-bond donors (Lipinski definition) is 2. The lowest BCUT2D eigenvalue weighted by atomic mass is 10.2. The predicted octanol–water partition coefficient (Wildman–Crippen LogP) is 2.03. The number of nitrogens with two attached hydrogens (primary N) is 1. The Morgan fingerprint density at radius 3 is 2.29 bits per heavy atom. The van der Waals surface area contributed by atoms with Crippen LogP contribution in [-0.2, 0) is 4.74 Å². The molecule has 0 aliphatic heterocycles. The summed E-state index contributed by atoms with van der Waals surface area (Å²) in [6.45, 7) is 5.24. The fraction of sp³-hybridized carbons (Fsp3) is 0.333. The highest BCUT2D eigenvalue weighted by molar-refractivity contribution is 6.02. The summed E-state index contributed by atoms with van der Waals surface area (Å²) in [6, 6.07) is 6.07. The van der Waals surface area contributed by atoms with E-state index >= 15 is 0 Å². The van der Waals surface area contributed by atoms with Crippen molar-refractivity contribution in [3.63, 3.8) is 0 Å². The average molecular weight is 236 g/mol. The monoisotopic (exact) mass is 236 g/mol. The van der Waals surface area contributed by atoms with Gasteiger partial charge in [0.15, 0.2) is 0 Å². The van der Waals surface area contributed by atoms with Crippen molar-refractivity contribution < 1.29 is 14.6 Å². The first-order chi connectivity index (χ1) is 7.78. The topological polar surface area (TPSA) is 84.9 Å². The Morgan fingerprint density at radius 2 is 1.82 bits per heavy atom. The fourth-order valence-electron chi connectivity index (χ4n) is 1.08. The van der Waals surface area contributed by atoms with Crippen molar-refractivity contribution in [3.05, 3.63) is 29.8 Å². The van der Waals surface area contributed by atoms with Crippen molar-refractivity contribution >= 4 is 11.9 Å². The van der Waals surface area contributed by atoms with Gasteiger partial charge in [-0.25, -0.2) is 4.79 Å². The molecule has 0 saturated carbocycles. The number of ether oxygens (including phenoxy) is 1. The molecule has 3 N–H and O–H groups in total. The molecule has 17 heavy (non-hydrogen) atoms. The number of benzene rings is 1. The third kappa shape index (κ3) is 4.55. The number of carbonyl (C=O) groups is 1. The van der Waals surface area contributed by atoms with E-state index in [9.17, 15) is 4.79 Å². The van der Waals surface area contributed by atoms with Gasteiger partial charge in [-0.05, 0) is 45.0 Å². The summed E-state index contributed by atoms with van der Waals surface area (Å²) < 4.78 is 5.00. The lowest BCUT2D eigenvalue weighted by molar-refractivity contribution is 0.0604. The molecule has 0 heterocycles. The average Bonchev–Trinajstić information content (AvgIpc) is 2.15. The number of amidine groups is 1. The summed E-state index contributed by atoms with van der Waals surface area (Å²) in [7, 11) is 0. The number of amides is 1. The maximum Gasteiger partial charge on any atom is 0.436 e. The van der Waals surface area contributed by atoms with Crippen molar-refractivity contribution in [2.45, 2.75) is 26.4 Å². The van der Waals surface area contributed by atoms with Crippen LogP contribution in [0.15, 0.2) is 29.3 Å². The molecule has 0 unspecified atom stereocenters. The minimum atomic E-state index is -0.733. The fourth-order valence-corrected chi connectivity index (χ4v) is 1.08. The molecule has 0 radical (unpaired) electrons. The van der Waals surface area contributed by atoms with Crippen LogP contribution in [0.3, 0.4) is 0 Å². The summed E-state index contributed by atoms with van der Waals surface area (Å²) >= 11 is 0. The van der Waals surface area contributed by atoms with Crippen molar-refractivity contribution in [2.75, 3.05) is 0 Å². The largest absolute Gasteiger partial charge is 0.508 e. The van der Waals surface area contributed by atoms with Crippen molar-refractivity contribution in [1.29, 1.82) is 0 Å². The van der Waals surface area contributed by atoms with E-state index in [0.717, 1.165) is 0 Å². The number of phenolic OH excluding ortho intramolecular Hbond substituents is 1. The summed E-state index contributed by atoms with van der Waals surface area (Å²) in [6.07, 6.45) is -0.733. The lowest BCUT2D eigenvalue weighted by Crippen LogP contribution is -2.24. The van der Waals surface area contributed by atoms with Gasteiger partial charge < -0.3 is 15.6 Å². The maximum absolute atomic E-state index is 11.4. The van der Waals surface area contributed by atoms with E-state index in [-0.39, 0.29) is 11.6 Å². The Kier molecular flexibility index (Phi) is 3.73. The maximum atomic E-state index is 11.4. The molecule has 5 heteroatoms. The molecular weight excluding hydrogens is 220 g/mol. The Labute approximate surface area is 99.9 Å². The Morgan fingerprint density at radius 1 is 1.29 bits per heavy atom. The molecule has 0 fully saturated rings. The van der Waals surface area contributed by atoms with Gasteiger partial charge in [-0.3, -0.25) is 0 Å². The second kappa shape index (κ2) is 4.86. The zero-order chi connectivity index (χ0) is 13.1. The number of aliphatic imine (C=N–C) groups is 1. The first kappa shape index (κ1) is 13.0. The summed E-state index contributed by atoms with van der Waals surface area (Å²) in [5.41, 5.74) is 5.58. The van der Waals surface area contributed by atoms with E-state index < -0.39 is 11.7 Å². The number of nitrogens with zero attached hydrogens (tertiary/aromatic N) is 1. The zero-order valence-corrected chi connectivity index (χ0v) is 10.1. The molecule has 92 valence electrons. The van der Waals surface area contributed by atoms with Crippen LogP contribution < -0.4 is 5.73 Å². The van der Waals surface area contributed by atoms with Crippen LogP contribution in [-0.4, -0.2) is 22.6 Å². The molecule has 1 aromatic carbocycles. The van der Waals surface area contributed by atoms with E-state index in [4.69, 9.17) is 15.6 Å². The van der Waals surface area contributed by atoms with E-state index in [1.165, 1.54) is 12.1 Å². The second-order valence-electron chi connectivity index (χ2n) is 4.52. The van der Waals surface area contributed by atoms with E-state index in [1.54, 1.807) is 32.9 Å². The Bertz CT molecular complexity index is 430. The Balaban J connectivity index is 2.79. The molecule has 1 rings (SSSR count). The van der Waals surface area contributed by atoms with E-state index in [0.29, 0.717) is 5.56 Å². The van der Waals surface area contributed by atoms with Crippen LogP contribution in [0, 0.1) is 0 Å². The molecule has 0 bridgehead atoms. The normalized spacial score (nSPS) is 12.3. The third-order valence-electron chi connectivity index (χ3n) is 1.77. The molecule has 0 aliphatic carbocycles. The van der Waals surface area contributed by atoms with Crippen molar-refractivity contribution in [2.24, 2.45) is 10.7 Å². The molecule has 0 spiro atoms. The van der Waals surface area contributed by atoms with Crippen LogP contribution in [0.2, 0.25) is 0 Å². The van der Waals surface area contributed by atoms with Crippen molar-refractivity contribution in [3.8, 4) is 5.75 Å². The number of rotatable bonds is 1. The SMILES string of the molecule is CC(C)(C)OC(=O)/N=C(\N)c1ccc(O)cc1. The minimum absolute atomic E-state index is 0.0549.